The molecule has 1 spiro atoms. The first kappa shape index (κ1) is 28.7. The number of ketones is 1. The van der Waals surface area contributed by atoms with Crippen LogP contribution in [0.5, 0.6) is 0 Å². The number of hydrogen-bond donors (Lipinski definition) is 3. The van der Waals surface area contributed by atoms with Gasteiger partial charge >= 0.3 is 11.9 Å². The molecule has 1 aromatic heterocycles. The highest BCUT2D eigenvalue weighted by Gasteiger charge is 2.83. The number of aromatic nitrogens is 1. The van der Waals surface area contributed by atoms with Gasteiger partial charge in [0.05, 0.1) is 11.1 Å². The maximum absolute atomic E-state index is 14.6. The van der Waals surface area contributed by atoms with Gasteiger partial charge in [-0.3, -0.25) is 9.59 Å². The monoisotopic (exact) mass is 557 g/mol. The summed E-state index contributed by atoms with van der Waals surface area (Å²) in [5, 5.41) is 39.2. The van der Waals surface area contributed by atoms with E-state index in [0.717, 1.165) is 0 Å². The molecule has 4 aliphatic rings. The molecule has 0 radical (unpaired) electrons. The Hall–Kier alpha value is -2.82. The molecular weight excluding hydrogens is 518 g/mol. The molecule has 0 aliphatic heterocycles. The number of rotatable bonds is 6. The van der Waals surface area contributed by atoms with Gasteiger partial charge in [-0.05, 0) is 36.8 Å². The molecule has 0 aromatic carbocycles. The Labute approximate surface area is 233 Å². The second-order valence-electron chi connectivity index (χ2n) is 12.5. The van der Waals surface area contributed by atoms with Gasteiger partial charge in [0.25, 0.3) is 0 Å². The number of Topliss-reactive ketones (excluding diaryl/α,β-unsaturated/α-hetero) is 1. The number of nitrogens with zero attached hydrogens (tertiary/aromatic N) is 1. The number of aliphatic hydroxyl groups excluding tert-OH is 2. The van der Waals surface area contributed by atoms with E-state index in [2.05, 4.69) is 5.16 Å². The highest BCUT2D eigenvalue weighted by atomic mass is 16.6. The lowest BCUT2D eigenvalue weighted by Gasteiger charge is -2.48. The summed E-state index contributed by atoms with van der Waals surface area (Å²) in [5.41, 5.74) is -4.40. The van der Waals surface area contributed by atoms with Gasteiger partial charge in [0.2, 0.25) is 0 Å². The van der Waals surface area contributed by atoms with Gasteiger partial charge in [0, 0.05) is 30.6 Å². The van der Waals surface area contributed by atoms with Crippen LogP contribution in [-0.2, 0) is 31.9 Å². The zero-order valence-electron chi connectivity index (χ0n) is 24.1. The average Bonchev–Trinajstić information content (AvgIpc) is 3.15. The van der Waals surface area contributed by atoms with E-state index >= 15 is 0 Å². The minimum atomic E-state index is -2.32. The number of carbonyl (C=O) groups is 3. The topological polar surface area (TPSA) is 156 Å². The molecule has 5 rings (SSSR count). The summed E-state index contributed by atoms with van der Waals surface area (Å²) in [4.78, 5) is 40.0. The van der Waals surface area contributed by atoms with Gasteiger partial charge in [-0.25, -0.2) is 4.79 Å². The number of allylic oxidation sites excluding steroid dienone is 1. The summed E-state index contributed by atoms with van der Waals surface area (Å²) in [6.45, 7) is 11.8. The van der Waals surface area contributed by atoms with Gasteiger partial charge in [0.15, 0.2) is 11.5 Å². The Morgan fingerprint density at radius 2 is 1.85 bits per heavy atom. The normalized spacial score (nSPS) is 39.2. The molecule has 10 nitrogen and oxygen atoms in total. The zero-order valence-corrected chi connectivity index (χ0v) is 24.1. The summed E-state index contributed by atoms with van der Waals surface area (Å²) >= 11 is 0. The molecule has 2 saturated carbocycles. The molecule has 1 heterocycles. The lowest BCUT2D eigenvalue weighted by molar-refractivity contribution is -0.191. The second kappa shape index (κ2) is 9.09. The van der Waals surface area contributed by atoms with E-state index in [9.17, 15) is 29.7 Å². The largest absolute Gasteiger partial charge is 0.458 e. The molecule has 2 fully saturated rings. The smallest absolute Gasteiger partial charge is 0.344 e. The van der Waals surface area contributed by atoms with Crippen molar-refractivity contribution < 1.29 is 43.7 Å². The number of fused-ring (bicyclic) bond motifs is 3. The summed E-state index contributed by atoms with van der Waals surface area (Å²) in [7, 11) is 0. The minimum Gasteiger partial charge on any atom is -0.458 e. The Kier molecular flexibility index (Phi) is 6.52. The fourth-order valence-corrected chi connectivity index (χ4v) is 8.27. The van der Waals surface area contributed by atoms with Crippen molar-refractivity contribution in [3.63, 3.8) is 0 Å². The number of aryl methyl sites for hydroxylation is 2. The molecule has 10 heteroatoms. The first-order chi connectivity index (χ1) is 18.6. The van der Waals surface area contributed by atoms with Gasteiger partial charge < -0.3 is 29.3 Å². The summed E-state index contributed by atoms with van der Waals surface area (Å²) in [6, 6.07) is 0. The van der Waals surface area contributed by atoms with Crippen molar-refractivity contribution >= 4 is 17.7 Å². The standard InChI is InChI=1S/C30H39NO9/c1-8-19-21(20(9-2)40-31-19)26(36)38-13-17-10-18-22-27(6,7)29(22,39-16(5)32)12-15(4)28(25(18)35)11-14(3)23(33)30(28,37)24(17)34/h10-11,15,18,22-24,33-34,37H,8-9,12-13H2,1-7H3/t15-,18+,22-,23+,24-,28+,29+,30-/m1/s1. The van der Waals surface area contributed by atoms with E-state index in [4.69, 9.17) is 14.0 Å². The molecule has 0 saturated heterocycles. The maximum Gasteiger partial charge on any atom is 0.344 e. The third kappa shape index (κ3) is 3.39. The number of carbonyl (C=O) groups excluding carboxylic acids is 3. The Bertz CT molecular complexity index is 1320. The molecule has 2 bridgehead atoms. The van der Waals surface area contributed by atoms with Crippen molar-refractivity contribution in [1.82, 2.24) is 5.16 Å². The van der Waals surface area contributed by atoms with Gasteiger partial charge in [-0.2, -0.15) is 0 Å². The van der Waals surface area contributed by atoms with Crippen LogP contribution < -0.4 is 0 Å². The number of esters is 2. The third-order valence-electron chi connectivity index (χ3n) is 10.3. The van der Waals surface area contributed by atoms with Crippen molar-refractivity contribution in [1.29, 1.82) is 0 Å². The van der Waals surface area contributed by atoms with Crippen LogP contribution in [0.25, 0.3) is 0 Å². The highest BCUT2D eigenvalue weighted by molar-refractivity contribution is 5.96. The van der Waals surface area contributed by atoms with Crippen LogP contribution in [0, 0.1) is 28.6 Å². The molecule has 1 aromatic rings. The summed E-state index contributed by atoms with van der Waals surface area (Å²) in [5.74, 6) is -3.07. The second-order valence-corrected chi connectivity index (χ2v) is 12.5. The first-order valence-electron chi connectivity index (χ1n) is 14.0. The van der Waals surface area contributed by atoms with E-state index in [0.29, 0.717) is 29.9 Å². The summed E-state index contributed by atoms with van der Waals surface area (Å²) in [6.07, 6.45) is 1.01. The molecule has 4 aliphatic carbocycles. The highest BCUT2D eigenvalue weighted by Crippen LogP contribution is 2.75. The molecule has 3 N–H and O–H groups in total. The van der Waals surface area contributed by atoms with E-state index in [1.54, 1.807) is 26.0 Å². The van der Waals surface area contributed by atoms with Crippen molar-refractivity contribution in [2.45, 2.75) is 91.1 Å². The van der Waals surface area contributed by atoms with E-state index in [-0.39, 0.29) is 23.3 Å². The lowest BCUT2D eigenvalue weighted by Crippen LogP contribution is -2.65. The fourth-order valence-electron chi connectivity index (χ4n) is 8.27. The van der Waals surface area contributed by atoms with Crippen LogP contribution in [0.15, 0.2) is 27.8 Å². The Morgan fingerprint density at radius 1 is 1.18 bits per heavy atom. The predicted molar refractivity (Wildman–Crippen MR) is 141 cm³/mol. The number of aliphatic hydroxyl groups is 3. The lowest BCUT2D eigenvalue weighted by atomic mass is 9.59. The van der Waals surface area contributed by atoms with Gasteiger partial charge in [-0.1, -0.05) is 51.9 Å². The molecule has 8 atom stereocenters. The predicted octanol–water partition coefficient (Wildman–Crippen LogP) is 2.48. The van der Waals surface area contributed by atoms with Crippen LogP contribution >= 0.6 is 0 Å². The maximum atomic E-state index is 14.6. The number of ether oxygens (including phenoxy) is 2. The van der Waals surface area contributed by atoms with Crippen LogP contribution in [0.1, 0.15) is 76.7 Å². The molecular formula is C30H39NO9. The van der Waals surface area contributed by atoms with Crippen LogP contribution in [0.2, 0.25) is 0 Å². The molecule has 0 amide bonds. The quantitative estimate of drug-likeness (QED) is 0.351. The molecule has 218 valence electrons. The third-order valence-corrected chi connectivity index (χ3v) is 10.3. The fraction of sp³-hybridized carbons (Fsp3) is 0.667. The minimum absolute atomic E-state index is 0.0966. The van der Waals surface area contributed by atoms with Crippen molar-refractivity contribution in [3.8, 4) is 0 Å². The Balaban J connectivity index is 1.61. The van der Waals surface area contributed by atoms with Gasteiger partial charge in [-0.15, -0.1) is 0 Å². The molecule has 0 unspecified atom stereocenters. The first-order valence-corrected chi connectivity index (χ1v) is 14.0. The van der Waals surface area contributed by atoms with Crippen molar-refractivity contribution in [2.75, 3.05) is 6.61 Å². The zero-order chi connectivity index (χ0) is 29.6. The van der Waals surface area contributed by atoms with Crippen molar-refractivity contribution in [2.24, 2.45) is 28.6 Å². The van der Waals surface area contributed by atoms with Crippen LogP contribution in [-0.4, -0.2) is 68.2 Å². The Morgan fingerprint density at radius 3 is 2.45 bits per heavy atom. The average molecular weight is 558 g/mol. The van der Waals surface area contributed by atoms with Crippen molar-refractivity contribution in [3.05, 3.63) is 40.3 Å². The van der Waals surface area contributed by atoms with Gasteiger partial charge in [0.1, 0.15) is 35.6 Å². The van der Waals surface area contributed by atoms with E-state index < -0.39 is 70.5 Å². The summed E-state index contributed by atoms with van der Waals surface area (Å²) < 4.78 is 16.9. The number of hydrogen-bond acceptors (Lipinski definition) is 10. The van der Waals surface area contributed by atoms with E-state index in [1.165, 1.54) is 6.92 Å². The SMILES string of the molecule is CCc1noc(CC)c1C(=O)OCC1=C[C@@H]2C(=O)[C@]3(C=C(C)[C@H](O)[C@@]3(O)[C@@H]1O)[C@H](C)C[C@]1(OC(C)=O)[C@H]2C1(C)C. The van der Waals surface area contributed by atoms with Crippen LogP contribution in [0.4, 0.5) is 0 Å². The van der Waals surface area contributed by atoms with Crippen LogP contribution in [0.3, 0.4) is 0 Å². The molecule has 40 heavy (non-hydrogen) atoms. The van der Waals surface area contributed by atoms with E-state index in [1.807, 2.05) is 27.7 Å².